The van der Waals surface area contributed by atoms with Gasteiger partial charge in [-0.25, -0.2) is 0 Å². The molecule has 5 nitrogen and oxygen atoms in total. The molecule has 3 atom stereocenters. The van der Waals surface area contributed by atoms with Crippen molar-refractivity contribution in [2.45, 2.75) is 33.1 Å². The zero-order chi connectivity index (χ0) is 14.2. The Morgan fingerprint density at radius 3 is 2.44 bits per heavy atom. The Labute approximate surface area is 109 Å². The van der Waals surface area contributed by atoms with Crippen LogP contribution in [-0.2, 0) is 18.4 Å². The maximum absolute atomic E-state index is 11.8. The lowest BCUT2D eigenvalue weighted by molar-refractivity contribution is -0.126. The third-order valence-electron chi connectivity index (χ3n) is 3.20. The standard InChI is InChI=1S/C12H25O5P/c1-10(7-5-6-8-13)11(2)12(14)9-17-18(4,15)16-3/h10-11,13H,5-9H2,1-4H3. The van der Waals surface area contributed by atoms with Crippen LogP contribution in [-0.4, -0.2) is 37.9 Å². The number of Topliss-reactive ketones (excluding diaryl/α,β-unsaturated/α-hetero) is 1. The van der Waals surface area contributed by atoms with Gasteiger partial charge in [0.25, 0.3) is 0 Å². The molecule has 6 heteroatoms. The Kier molecular flexibility index (Phi) is 8.70. The number of aliphatic hydroxyl groups is 1. The summed E-state index contributed by atoms with van der Waals surface area (Å²) in [6.07, 6.45) is 2.55. The molecule has 0 rings (SSSR count). The van der Waals surface area contributed by atoms with Gasteiger partial charge in [-0.05, 0) is 18.8 Å². The highest BCUT2D eigenvalue weighted by Crippen LogP contribution is 2.42. The SMILES string of the molecule is COP(C)(=O)OCC(=O)C(C)C(C)CCCCO. The predicted molar refractivity (Wildman–Crippen MR) is 70.8 cm³/mol. The van der Waals surface area contributed by atoms with Crippen molar-refractivity contribution in [2.75, 3.05) is 27.0 Å². The van der Waals surface area contributed by atoms with Gasteiger partial charge >= 0.3 is 7.60 Å². The zero-order valence-electron chi connectivity index (χ0n) is 11.7. The van der Waals surface area contributed by atoms with Crippen molar-refractivity contribution in [3.8, 4) is 0 Å². The largest absolute Gasteiger partial charge is 0.396 e. The number of unbranched alkanes of at least 4 members (excludes halogenated alkanes) is 1. The minimum atomic E-state index is -3.08. The molecule has 0 aliphatic carbocycles. The van der Waals surface area contributed by atoms with E-state index in [1.54, 1.807) is 0 Å². The lowest BCUT2D eigenvalue weighted by Crippen LogP contribution is -2.23. The Morgan fingerprint density at radius 2 is 1.94 bits per heavy atom. The Morgan fingerprint density at radius 1 is 1.33 bits per heavy atom. The van der Waals surface area contributed by atoms with Gasteiger partial charge in [-0.2, -0.15) is 0 Å². The highest BCUT2D eigenvalue weighted by molar-refractivity contribution is 7.52. The van der Waals surface area contributed by atoms with Gasteiger partial charge < -0.3 is 14.2 Å². The highest BCUT2D eigenvalue weighted by atomic mass is 31.2. The second kappa shape index (κ2) is 8.81. The lowest BCUT2D eigenvalue weighted by atomic mass is 9.88. The number of hydrogen-bond donors (Lipinski definition) is 1. The Bertz CT molecular complexity index is 292. The Balaban J connectivity index is 4.05. The summed E-state index contributed by atoms with van der Waals surface area (Å²) >= 11 is 0. The summed E-state index contributed by atoms with van der Waals surface area (Å²) < 4.78 is 21.1. The van der Waals surface area contributed by atoms with E-state index >= 15 is 0 Å². The number of rotatable bonds is 10. The smallest absolute Gasteiger partial charge is 0.327 e. The second-order valence-corrected chi connectivity index (χ2v) is 6.85. The first-order valence-electron chi connectivity index (χ1n) is 6.25. The van der Waals surface area contributed by atoms with Crippen LogP contribution in [0.1, 0.15) is 33.1 Å². The van der Waals surface area contributed by atoms with Gasteiger partial charge in [0.05, 0.1) is 0 Å². The van der Waals surface area contributed by atoms with Crippen molar-refractivity contribution in [1.82, 2.24) is 0 Å². The monoisotopic (exact) mass is 280 g/mol. The molecule has 3 unspecified atom stereocenters. The van der Waals surface area contributed by atoms with Crippen molar-refractivity contribution in [2.24, 2.45) is 11.8 Å². The van der Waals surface area contributed by atoms with Gasteiger partial charge in [0.15, 0.2) is 5.78 Å². The molecule has 0 amide bonds. The molecule has 0 aliphatic rings. The maximum atomic E-state index is 11.8. The van der Waals surface area contributed by atoms with Crippen LogP contribution in [0.25, 0.3) is 0 Å². The Hall–Kier alpha value is -0.220. The third-order valence-corrected chi connectivity index (χ3v) is 4.46. The van der Waals surface area contributed by atoms with E-state index in [0.717, 1.165) is 19.3 Å². The van der Waals surface area contributed by atoms with Crippen LogP contribution in [0.3, 0.4) is 0 Å². The third kappa shape index (κ3) is 7.27. The first-order chi connectivity index (χ1) is 8.34. The van der Waals surface area contributed by atoms with Gasteiger partial charge in [0.1, 0.15) is 6.61 Å². The first-order valence-corrected chi connectivity index (χ1v) is 8.24. The topological polar surface area (TPSA) is 72.8 Å². The zero-order valence-corrected chi connectivity index (χ0v) is 12.6. The summed E-state index contributed by atoms with van der Waals surface area (Å²) in [5.74, 6) is 0.0256. The van der Waals surface area contributed by atoms with Gasteiger partial charge in [0, 0.05) is 26.3 Å². The van der Waals surface area contributed by atoms with Crippen LogP contribution >= 0.6 is 7.60 Å². The molecule has 108 valence electrons. The minimum Gasteiger partial charge on any atom is -0.396 e. The van der Waals surface area contributed by atoms with Crippen molar-refractivity contribution in [3.05, 3.63) is 0 Å². The molecule has 0 radical (unpaired) electrons. The molecule has 0 aromatic rings. The van der Waals surface area contributed by atoms with E-state index in [1.807, 2.05) is 13.8 Å². The average Bonchev–Trinajstić information content (AvgIpc) is 2.35. The second-order valence-electron chi connectivity index (χ2n) is 4.68. The fourth-order valence-electron chi connectivity index (χ4n) is 1.51. The normalized spacial score (nSPS) is 18.1. The molecule has 0 fully saturated rings. The summed E-state index contributed by atoms with van der Waals surface area (Å²) in [6, 6.07) is 0. The lowest BCUT2D eigenvalue weighted by Gasteiger charge is -2.19. The molecule has 0 spiro atoms. The molecular weight excluding hydrogens is 255 g/mol. The molecule has 0 aliphatic heterocycles. The first kappa shape index (κ1) is 17.8. The molecule has 0 aromatic heterocycles. The summed E-state index contributed by atoms with van der Waals surface area (Å²) in [6.45, 7) is 5.21. The maximum Gasteiger partial charge on any atom is 0.327 e. The van der Waals surface area contributed by atoms with E-state index in [0.29, 0.717) is 0 Å². The molecule has 0 saturated heterocycles. The van der Waals surface area contributed by atoms with Crippen LogP contribution in [0.2, 0.25) is 0 Å². The fraction of sp³-hybridized carbons (Fsp3) is 0.917. The van der Waals surface area contributed by atoms with E-state index in [9.17, 15) is 9.36 Å². The van der Waals surface area contributed by atoms with Crippen molar-refractivity contribution < 1.29 is 23.5 Å². The molecule has 0 heterocycles. The van der Waals surface area contributed by atoms with Crippen LogP contribution in [0.15, 0.2) is 0 Å². The summed E-state index contributed by atoms with van der Waals surface area (Å²) in [5.41, 5.74) is 0. The van der Waals surface area contributed by atoms with E-state index in [2.05, 4.69) is 4.52 Å². The molecule has 1 N–H and O–H groups in total. The van der Waals surface area contributed by atoms with E-state index in [4.69, 9.17) is 9.63 Å². The molecule has 0 saturated carbocycles. The van der Waals surface area contributed by atoms with Crippen LogP contribution in [0, 0.1) is 11.8 Å². The average molecular weight is 280 g/mol. The molecule has 18 heavy (non-hydrogen) atoms. The van der Waals surface area contributed by atoms with Gasteiger partial charge in [0.2, 0.25) is 0 Å². The molecule has 0 aromatic carbocycles. The molecular formula is C12H25O5P. The van der Waals surface area contributed by atoms with E-state index < -0.39 is 7.60 Å². The number of hydrogen-bond acceptors (Lipinski definition) is 5. The minimum absolute atomic E-state index is 0.0642. The van der Waals surface area contributed by atoms with Crippen molar-refractivity contribution in [1.29, 1.82) is 0 Å². The van der Waals surface area contributed by atoms with E-state index in [1.165, 1.54) is 13.8 Å². The number of carbonyl (C=O) groups is 1. The van der Waals surface area contributed by atoms with Gasteiger partial charge in [-0.15, -0.1) is 0 Å². The quantitative estimate of drug-likeness (QED) is 0.491. The van der Waals surface area contributed by atoms with Gasteiger partial charge in [-0.1, -0.05) is 20.3 Å². The van der Waals surface area contributed by atoms with Gasteiger partial charge in [-0.3, -0.25) is 9.36 Å². The number of ketones is 1. The predicted octanol–water partition coefficient (Wildman–Crippen LogP) is 2.48. The van der Waals surface area contributed by atoms with Crippen LogP contribution in [0.4, 0.5) is 0 Å². The van der Waals surface area contributed by atoms with Crippen LogP contribution in [0.5, 0.6) is 0 Å². The van der Waals surface area contributed by atoms with Crippen LogP contribution < -0.4 is 0 Å². The summed E-state index contributed by atoms with van der Waals surface area (Å²) in [5, 5.41) is 8.70. The van der Waals surface area contributed by atoms with E-state index in [-0.39, 0.29) is 30.8 Å². The summed E-state index contributed by atoms with van der Waals surface area (Å²) in [7, 11) is -1.78. The fourth-order valence-corrected chi connectivity index (χ4v) is 1.98. The number of aliphatic hydroxyl groups excluding tert-OH is 1. The highest BCUT2D eigenvalue weighted by Gasteiger charge is 2.23. The van der Waals surface area contributed by atoms with Crippen molar-refractivity contribution in [3.63, 3.8) is 0 Å². The number of carbonyl (C=O) groups excluding carboxylic acids is 1. The molecule has 0 bridgehead atoms. The van der Waals surface area contributed by atoms with Crippen molar-refractivity contribution >= 4 is 13.4 Å². The summed E-state index contributed by atoms with van der Waals surface area (Å²) in [4.78, 5) is 11.8.